The molecule has 1 unspecified atom stereocenters. The number of hydrogen-bond acceptors (Lipinski definition) is 8. The number of aromatic carboxylic acids is 1. The Balaban J connectivity index is 1.48. The van der Waals surface area contributed by atoms with Crippen LogP contribution < -0.4 is 10.6 Å². The Morgan fingerprint density at radius 3 is 2.27 bits per heavy atom. The lowest BCUT2D eigenvalue weighted by atomic mass is 10.1. The van der Waals surface area contributed by atoms with E-state index in [1.807, 2.05) is 37.3 Å². The molecule has 0 bridgehead atoms. The number of carbonyl (C=O) groups excluding carboxylic acids is 2. The van der Waals surface area contributed by atoms with Crippen LogP contribution >= 0.6 is 35.1 Å². The first-order valence-electron chi connectivity index (χ1n) is 11.2. The predicted octanol–water partition coefficient (Wildman–Crippen LogP) is 6.07. The molecule has 0 fully saturated rings. The molecule has 8 nitrogen and oxygen atoms in total. The van der Waals surface area contributed by atoms with Crippen molar-refractivity contribution < 1.29 is 19.5 Å². The molecular formula is C26H22N4O4S3. The van der Waals surface area contributed by atoms with E-state index < -0.39 is 17.1 Å². The first-order chi connectivity index (χ1) is 17.9. The number of hydrogen-bond donors (Lipinski definition) is 3. The minimum Gasteiger partial charge on any atom is -0.478 e. The van der Waals surface area contributed by atoms with Crippen LogP contribution in [-0.4, -0.2) is 38.0 Å². The number of aromatic nitrogens is 2. The van der Waals surface area contributed by atoms with Crippen molar-refractivity contribution in [2.45, 2.75) is 22.2 Å². The summed E-state index contributed by atoms with van der Waals surface area (Å²) >= 11 is 4.02. The first kappa shape index (κ1) is 26.4. The second-order valence-corrected chi connectivity index (χ2v) is 10.7. The molecular weight excluding hydrogens is 529 g/mol. The summed E-state index contributed by atoms with van der Waals surface area (Å²) in [6.45, 7) is 2.01. The number of anilines is 2. The molecule has 2 amide bonds. The SMILES string of the molecule is CCSc1nsc(NC(=O)C(Sc2ccc(NC(=O)c3ccccc3C(=O)O)cc2)c2ccccc2)n1. The topological polar surface area (TPSA) is 121 Å². The van der Waals surface area contributed by atoms with Gasteiger partial charge in [0.1, 0.15) is 5.25 Å². The summed E-state index contributed by atoms with van der Waals surface area (Å²) in [6, 6.07) is 22.5. The summed E-state index contributed by atoms with van der Waals surface area (Å²) in [5.41, 5.74) is 1.34. The van der Waals surface area contributed by atoms with Crippen LogP contribution in [0.4, 0.5) is 10.8 Å². The maximum atomic E-state index is 13.2. The third-order valence-corrected chi connectivity index (χ3v) is 7.76. The fourth-order valence-corrected chi connectivity index (χ4v) is 5.64. The van der Waals surface area contributed by atoms with Gasteiger partial charge in [0, 0.05) is 22.1 Å². The number of nitrogens with one attached hydrogen (secondary N) is 2. The van der Waals surface area contributed by atoms with E-state index in [9.17, 15) is 19.5 Å². The molecule has 0 saturated carbocycles. The molecule has 3 N–H and O–H groups in total. The van der Waals surface area contributed by atoms with Gasteiger partial charge in [0.15, 0.2) is 0 Å². The summed E-state index contributed by atoms with van der Waals surface area (Å²) < 4.78 is 4.25. The van der Waals surface area contributed by atoms with Crippen LogP contribution in [0.25, 0.3) is 0 Å². The van der Waals surface area contributed by atoms with Gasteiger partial charge in [-0.25, -0.2) is 4.79 Å². The van der Waals surface area contributed by atoms with Gasteiger partial charge in [-0.15, -0.1) is 11.8 Å². The van der Waals surface area contributed by atoms with Gasteiger partial charge in [0.2, 0.25) is 16.2 Å². The molecule has 1 aromatic heterocycles. The number of thioether (sulfide) groups is 2. The lowest BCUT2D eigenvalue weighted by molar-refractivity contribution is -0.115. The molecule has 0 aliphatic carbocycles. The largest absolute Gasteiger partial charge is 0.478 e. The van der Waals surface area contributed by atoms with Crippen molar-refractivity contribution in [3.63, 3.8) is 0 Å². The lowest BCUT2D eigenvalue weighted by Gasteiger charge is -2.16. The summed E-state index contributed by atoms with van der Waals surface area (Å²) in [5.74, 6) is -1.06. The fourth-order valence-electron chi connectivity index (χ4n) is 3.34. The Hall–Kier alpha value is -3.67. The van der Waals surface area contributed by atoms with Crippen molar-refractivity contribution in [2.24, 2.45) is 0 Å². The molecule has 11 heteroatoms. The highest BCUT2D eigenvalue weighted by Crippen LogP contribution is 2.37. The van der Waals surface area contributed by atoms with Gasteiger partial charge in [-0.05, 0) is 47.7 Å². The number of carboxylic acid groups (broad SMARTS) is 1. The Morgan fingerprint density at radius 1 is 0.919 bits per heavy atom. The molecule has 0 saturated heterocycles. The van der Waals surface area contributed by atoms with Crippen LogP contribution in [0.3, 0.4) is 0 Å². The van der Waals surface area contributed by atoms with Crippen LogP contribution in [0.1, 0.15) is 38.5 Å². The van der Waals surface area contributed by atoms with Crippen LogP contribution in [-0.2, 0) is 4.79 Å². The molecule has 37 heavy (non-hydrogen) atoms. The molecule has 0 radical (unpaired) electrons. The average Bonchev–Trinajstić information content (AvgIpc) is 3.35. The van der Waals surface area contributed by atoms with Crippen LogP contribution in [0.5, 0.6) is 0 Å². The third-order valence-electron chi connectivity index (χ3n) is 5.02. The minimum absolute atomic E-state index is 0.0697. The summed E-state index contributed by atoms with van der Waals surface area (Å²) in [6.07, 6.45) is 0. The van der Waals surface area contributed by atoms with Crippen LogP contribution in [0.15, 0.2) is 88.9 Å². The number of rotatable bonds is 10. The molecule has 4 aromatic rings. The second kappa shape index (κ2) is 12.5. The van der Waals surface area contributed by atoms with E-state index in [-0.39, 0.29) is 17.0 Å². The summed E-state index contributed by atoms with van der Waals surface area (Å²) in [4.78, 5) is 42.5. The van der Waals surface area contributed by atoms with Crippen molar-refractivity contribution in [3.8, 4) is 0 Å². The van der Waals surface area contributed by atoms with Crippen LogP contribution in [0, 0.1) is 0 Å². The Morgan fingerprint density at radius 2 is 1.59 bits per heavy atom. The maximum absolute atomic E-state index is 13.2. The minimum atomic E-state index is -1.17. The van der Waals surface area contributed by atoms with Gasteiger partial charge >= 0.3 is 5.97 Å². The van der Waals surface area contributed by atoms with E-state index in [0.29, 0.717) is 16.0 Å². The zero-order valence-electron chi connectivity index (χ0n) is 19.6. The van der Waals surface area contributed by atoms with Gasteiger partial charge in [0.25, 0.3) is 5.91 Å². The van der Waals surface area contributed by atoms with E-state index in [0.717, 1.165) is 27.7 Å². The zero-order chi connectivity index (χ0) is 26.2. The highest BCUT2D eigenvalue weighted by molar-refractivity contribution is 8.00. The molecule has 0 aliphatic rings. The molecule has 1 heterocycles. The van der Waals surface area contributed by atoms with Gasteiger partial charge in [-0.3, -0.25) is 14.9 Å². The molecule has 4 rings (SSSR count). The van der Waals surface area contributed by atoms with Crippen molar-refractivity contribution in [3.05, 3.63) is 95.6 Å². The van der Waals surface area contributed by atoms with Gasteiger partial charge < -0.3 is 10.4 Å². The van der Waals surface area contributed by atoms with Crippen LogP contribution in [0.2, 0.25) is 0 Å². The number of nitrogens with zero attached hydrogens (tertiary/aromatic N) is 2. The average molecular weight is 551 g/mol. The molecule has 188 valence electrons. The quantitative estimate of drug-likeness (QED) is 0.203. The fraction of sp³-hybridized carbons (Fsp3) is 0.115. The normalized spacial score (nSPS) is 11.5. The van der Waals surface area contributed by atoms with Crippen molar-refractivity contribution in [2.75, 3.05) is 16.4 Å². The van der Waals surface area contributed by atoms with Gasteiger partial charge in [-0.2, -0.15) is 9.36 Å². The smallest absolute Gasteiger partial charge is 0.336 e. The predicted molar refractivity (Wildman–Crippen MR) is 148 cm³/mol. The number of carbonyl (C=O) groups is 3. The molecule has 0 aliphatic heterocycles. The molecule has 0 spiro atoms. The van der Waals surface area contributed by atoms with Gasteiger partial charge in [-0.1, -0.05) is 61.2 Å². The first-order valence-corrected chi connectivity index (χ1v) is 13.8. The van der Waals surface area contributed by atoms with E-state index in [1.165, 1.54) is 35.7 Å². The maximum Gasteiger partial charge on any atom is 0.336 e. The Kier molecular flexibility index (Phi) is 8.94. The summed E-state index contributed by atoms with van der Waals surface area (Å²) in [7, 11) is 0. The highest BCUT2D eigenvalue weighted by Gasteiger charge is 2.23. The van der Waals surface area contributed by atoms with Crippen molar-refractivity contribution in [1.29, 1.82) is 0 Å². The number of carboxylic acids is 1. The van der Waals surface area contributed by atoms with Gasteiger partial charge in [0.05, 0.1) is 11.1 Å². The van der Waals surface area contributed by atoms with E-state index in [4.69, 9.17) is 0 Å². The monoisotopic (exact) mass is 550 g/mol. The third kappa shape index (κ3) is 6.97. The zero-order valence-corrected chi connectivity index (χ0v) is 22.0. The van der Waals surface area contributed by atoms with E-state index in [2.05, 4.69) is 20.0 Å². The Bertz CT molecular complexity index is 1390. The number of amides is 2. The second-order valence-electron chi connectivity index (χ2n) is 7.54. The number of benzene rings is 3. The van der Waals surface area contributed by atoms with E-state index in [1.54, 1.807) is 36.4 Å². The summed E-state index contributed by atoms with van der Waals surface area (Å²) in [5, 5.41) is 15.5. The molecule has 3 aromatic carbocycles. The van der Waals surface area contributed by atoms with Crippen molar-refractivity contribution >= 4 is 63.7 Å². The standard InChI is InChI=1S/C26H22N4O4S3/c1-2-35-26-29-25(37-30-26)28-23(32)21(16-8-4-3-5-9-16)36-18-14-12-17(13-15-18)27-22(31)19-10-6-7-11-20(19)24(33)34/h3-15,21H,2H2,1H3,(H,27,31)(H,33,34)(H,28,29,30,32). The highest BCUT2D eigenvalue weighted by atomic mass is 32.2. The molecule has 1 atom stereocenters. The Labute approximate surface area is 226 Å². The van der Waals surface area contributed by atoms with Crippen molar-refractivity contribution in [1.82, 2.24) is 9.36 Å². The lowest BCUT2D eigenvalue weighted by Crippen LogP contribution is -2.19. The van der Waals surface area contributed by atoms with E-state index >= 15 is 0 Å².